The molecule has 2 aromatic carbocycles. The Labute approximate surface area is 152 Å². The quantitative estimate of drug-likeness (QED) is 0.588. The van der Waals surface area contributed by atoms with E-state index in [4.69, 9.17) is 5.73 Å². The number of pyridine rings is 1. The molecule has 134 valence electrons. The number of hydrogen-bond acceptors (Lipinski definition) is 4. The molecular formula is C20H22N4O2. The number of rotatable bonds is 3. The van der Waals surface area contributed by atoms with Crippen molar-refractivity contribution in [3.8, 4) is 0 Å². The zero-order valence-corrected chi connectivity index (χ0v) is 15.0. The van der Waals surface area contributed by atoms with E-state index in [1.165, 1.54) is 4.90 Å². The van der Waals surface area contributed by atoms with E-state index in [9.17, 15) is 9.90 Å². The van der Waals surface area contributed by atoms with Gasteiger partial charge in [-0.05, 0) is 57.2 Å². The fourth-order valence-electron chi connectivity index (χ4n) is 2.94. The Hall–Kier alpha value is -3.28. The standard InChI is InChI=1S/C20H22N4O2/c1-20(2,3)24(19(25)26)15-7-5-14(6-8-15)23-17-9-4-13-12-22-11-10-16(13)18(17)21/h4-12,23H,21H2,1-3H3,(H,25,26). The summed E-state index contributed by atoms with van der Waals surface area (Å²) in [6.07, 6.45) is 2.51. The van der Waals surface area contributed by atoms with Gasteiger partial charge < -0.3 is 16.2 Å². The zero-order valence-electron chi connectivity index (χ0n) is 15.0. The first-order valence-electron chi connectivity index (χ1n) is 8.30. The van der Waals surface area contributed by atoms with Gasteiger partial charge in [0.05, 0.1) is 11.4 Å². The van der Waals surface area contributed by atoms with Gasteiger partial charge in [-0.1, -0.05) is 6.07 Å². The lowest BCUT2D eigenvalue weighted by molar-refractivity contribution is 0.195. The Bertz CT molecular complexity index is 946. The number of benzene rings is 2. The minimum absolute atomic E-state index is 0.530. The molecular weight excluding hydrogens is 328 g/mol. The van der Waals surface area contributed by atoms with Crippen LogP contribution in [0.5, 0.6) is 0 Å². The summed E-state index contributed by atoms with van der Waals surface area (Å²) in [5.74, 6) is 0. The summed E-state index contributed by atoms with van der Waals surface area (Å²) < 4.78 is 0. The van der Waals surface area contributed by atoms with Gasteiger partial charge in [0.1, 0.15) is 0 Å². The molecule has 26 heavy (non-hydrogen) atoms. The maximum absolute atomic E-state index is 11.6. The lowest BCUT2D eigenvalue weighted by Crippen LogP contribution is -2.45. The van der Waals surface area contributed by atoms with Crippen molar-refractivity contribution < 1.29 is 9.90 Å². The maximum Gasteiger partial charge on any atom is 0.412 e. The summed E-state index contributed by atoms with van der Waals surface area (Å²) in [5, 5.41) is 14.7. The topological polar surface area (TPSA) is 91.5 Å². The SMILES string of the molecule is CC(C)(C)N(C(=O)O)c1ccc(Nc2ccc3cnccc3c2N)cc1. The number of nitrogens with one attached hydrogen (secondary N) is 1. The van der Waals surface area contributed by atoms with Gasteiger partial charge in [-0.2, -0.15) is 0 Å². The van der Waals surface area contributed by atoms with Gasteiger partial charge >= 0.3 is 6.09 Å². The van der Waals surface area contributed by atoms with E-state index in [0.717, 1.165) is 22.1 Å². The molecule has 0 atom stereocenters. The van der Waals surface area contributed by atoms with Gasteiger partial charge in [-0.3, -0.25) is 9.88 Å². The maximum atomic E-state index is 11.6. The number of carboxylic acid groups (broad SMARTS) is 1. The fourth-order valence-corrected chi connectivity index (χ4v) is 2.94. The van der Waals surface area contributed by atoms with Crippen molar-refractivity contribution in [1.82, 2.24) is 4.98 Å². The van der Waals surface area contributed by atoms with Crippen LogP contribution in [0.2, 0.25) is 0 Å². The predicted octanol–water partition coefficient (Wildman–Crippen LogP) is 4.84. The van der Waals surface area contributed by atoms with Crippen LogP contribution in [0.1, 0.15) is 20.8 Å². The summed E-state index contributed by atoms with van der Waals surface area (Å²) >= 11 is 0. The molecule has 3 rings (SSSR count). The molecule has 4 N–H and O–H groups in total. The highest BCUT2D eigenvalue weighted by Crippen LogP contribution is 2.31. The second kappa shape index (κ2) is 6.55. The van der Waals surface area contributed by atoms with Gasteiger partial charge in [-0.25, -0.2) is 4.79 Å². The van der Waals surface area contributed by atoms with Gasteiger partial charge in [0, 0.05) is 40.1 Å². The second-order valence-corrected chi connectivity index (χ2v) is 7.08. The number of nitrogens with zero attached hydrogens (tertiary/aromatic N) is 2. The molecule has 3 aromatic rings. The first-order chi connectivity index (χ1) is 12.3. The Morgan fingerprint density at radius 1 is 1.12 bits per heavy atom. The molecule has 6 nitrogen and oxygen atoms in total. The van der Waals surface area contributed by atoms with Crippen LogP contribution in [-0.4, -0.2) is 21.7 Å². The first-order valence-corrected chi connectivity index (χ1v) is 8.30. The zero-order chi connectivity index (χ0) is 18.9. The van der Waals surface area contributed by atoms with Crippen LogP contribution in [0.25, 0.3) is 10.8 Å². The summed E-state index contributed by atoms with van der Waals surface area (Å²) in [6.45, 7) is 5.58. The van der Waals surface area contributed by atoms with Crippen LogP contribution in [0, 0.1) is 0 Å². The third-order valence-electron chi connectivity index (χ3n) is 4.13. The molecule has 1 aromatic heterocycles. The molecule has 0 bridgehead atoms. The molecule has 6 heteroatoms. The van der Waals surface area contributed by atoms with E-state index < -0.39 is 11.6 Å². The van der Waals surface area contributed by atoms with Crippen LogP contribution in [0.3, 0.4) is 0 Å². The van der Waals surface area contributed by atoms with Crippen molar-refractivity contribution in [3.63, 3.8) is 0 Å². The molecule has 0 saturated heterocycles. The number of fused-ring (bicyclic) bond motifs is 1. The number of aromatic nitrogens is 1. The summed E-state index contributed by atoms with van der Waals surface area (Å²) in [6, 6.07) is 13.0. The average Bonchev–Trinajstić information content (AvgIpc) is 2.58. The monoisotopic (exact) mass is 350 g/mol. The van der Waals surface area contributed by atoms with Crippen molar-refractivity contribution in [3.05, 3.63) is 54.9 Å². The number of anilines is 4. The number of carbonyl (C=O) groups is 1. The Balaban J connectivity index is 1.88. The molecule has 0 aliphatic rings. The first kappa shape index (κ1) is 17.5. The van der Waals surface area contributed by atoms with Crippen molar-refractivity contribution in [1.29, 1.82) is 0 Å². The largest absolute Gasteiger partial charge is 0.465 e. The van der Waals surface area contributed by atoms with E-state index in [-0.39, 0.29) is 0 Å². The second-order valence-electron chi connectivity index (χ2n) is 7.08. The van der Waals surface area contributed by atoms with Gasteiger partial charge in [0.2, 0.25) is 0 Å². The highest BCUT2D eigenvalue weighted by atomic mass is 16.4. The van der Waals surface area contributed by atoms with Crippen molar-refractivity contribution >= 4 is 39.6 Å². The lowest BCUT2D eigenvalue weighted by Gasteiger charge is -2.33. The Morgan fingerprint density at radius 2 is 1.81 bits per heavy atom. The molecule has 0 unspecified atom stereocenters. The molecule has 1 amide bonds. The highest BCUT2D eigenvalue weighted by Gasteiger charge is 2.27. The van der Waals surface area contributed by atoms with Crippen LogP contribution in [0.4, 0.5) is 27.5 Å². The highest BCUT2D eigenvalue weighted by molar-refractivity contribution is 5.99. The lowest BCUT2D eigenvalue weighted by atomic mass is 10.1. The predicted molar refractivity (Wildman–Crippen MR) is 106 cm³/mol. The Morgan fingerprint density at radius 3 is 2.42 bits per heavy atom. The number of nitrogens with two attached hydrogens (primary N) is 1. The van der Waals surface area contributed by atoms with Crippen LogP contribution in [0.15, 0.2) is 54.9 Å². The van der Waals surface area contributed by atoms with Crippen LogP contribution >= 0.6 is 0 Å². The summed E-state index contributed by atoms with van der Waals surface area (Å²) in [5.41, 5.74) is 8.62. The van der Waals surface area contributed by atoms with Crippen molar-refractivity contribution in [2.75, 3.05) is 16.0 Å². The van der Waals surface area contributed by atoms with Gasteiger partial charge in [-0.15, -0.1) is 0 Å². The van der Waals surface area contributed by atoms with Gasteiger partial charge in [0.15, 0.2) is 0 Å². The molecule has 0 aliphatic carbocycles. The number of amides is 1. The molecule has 0 saturated carbocycles. The van der Waals surface area contributed by atoms with Crippen molar-refractivity contribution in [2.45, 2.75) is 26.3 Å². The molecule has 1 heterocycles. The Kier molecular flexibility index (Phi) is 4.42. The fraction of sp³-hybridized carbons (Fsp3) is 0.200. The molecule has 0 fully saturated rings. The third-order valence-corrected chi connectivity index (χ3v) is 4.13. The van der Waals surface area contributed by atoms with E-state index in [1.807, 2.05) is 51.1 Å². The molecule has 0 radical (unpaired) electrons. The van der Waals surface area contributed by atoms with E-state index >= 15 is 0 Å². The summed E-state index contributed by atoms with van der Waals surface area (Å²) in [7, 11) is 0. The number of nitrogen functional groups attached to an aromatic ring is 1. The summed E-state index contributed by atoms with van der Waals surface area (Å²) in [4.78, 5) is 17.0. The van der Waals surface area contributed by atoms with Crippen LogP contribution < -0.4 is 16.0 Å². The molecule has 0 spiro atoms. The minimum atomic E-state index is -0.981. The van der Waals surface area contributed by atoms with E-state index in [2.05, 4.69) is 10.3 Å². The average molecular weight is 350 g/mol. The third kappa shape index (κ3) is 3.39. The van der Waals surface area contributed by atoms with Gasteiger partial charge in [0.25, 0.3) is 0 Å². The van der Waals surface area contributed by atoms with E-state index in [0.29, 0.717) is 11.4 Å². The molecule has 0 aliphatic heterocycles. The number of hydrogen-bond donors (Lipinski definition) is 3. The minimum Gasteiger partial charge on any atom is -0.465 e. The smallest absolute Gasteiger partial charge is 0.412 e. The van der Waals surface area contributed by atoms with Crippen molar-refractivity contribution in [2.24, 2.45) is 0 Å². The van der Waals surface area contributed by atoms with Crippen LogP contribution in [-0.2, 0) is 0 Å². The normalized spacial score (nSPS) is 11.3. The van der Waals surface area contributed by atoms with E-state index in [1.54, 1.807) is 24.5 Å².